The molecule has 0 bridgehead atoms. The normalized spacial score (nSPS) is 9.55. The highest BCUT2D eigenvalue weighted by molar-refractivity contribution is 6.63. The van der Waals surface area contributed by atoms with Crippen LogP contribution in [0.5, 0.6) is 0 Å². The van der Waals surface area contributed by atoms with Crippen molar-refractivity contribution in [1.82, 2.24) is 0 Å². The van der Waals surface area contributed by atoms with E-state index in [0.29, 0.717) is 13.0 Å². The molecule has 0 fully saturated rings. The van der Waals surface area contributed by atoms with Gasteiger partial charge in [-0.1, -0.05) is 6.07 Å². The maximum Gasteiger partial charge on any atom is 0.227 e. The summed E-state index contributed by atoms with van der Waals surface area (Å²) >= 11 is 5.18. The summed E-state index contributed by atoms with van der Waals surface area (Å²) in [4.78, 5) is 10.4. The van der Waals surface area contributed by atoms with Crippen LogP contribution in [0.1, 0.15) is 6.42 Å². The quantitative estimate of drug-likeness (QED) is 0.492. The average Bonchev–Trinajstić information content (AvgIpc) is 2.03. The third-order valence-corrected chi connectivity index (χ3v) is 1.53. The van der Waals surface area contributed by atoms with E-state index in [9.17, 15) is 4.79 Å². The van der Waals surface area contributed by atoms with Gasteiger partial charge in [-0.25, -0.2) is 4.57 Å². The first-order valence-electron chi connectivity index (χ1n) is 3.41. The van der Waals surface area contributed by atoms with Gasteiger partial charge in [-0.15, -0.1) is 0 Å². The molecule has 0 saturated heterocycles. The molecule has 11 heavy (non-hydrogen) atoms. The summed E-state index contributed by atoms with van der Waals surface area (Å²) in [6.07, 6.45) is 4.19. The molecule has 0 spiro atoms. The number of rotatable bonds is 3. The minimum Gasteiger partial charge on any atom is -0.281 e. The Morgan fingerprint density at radius 3 is 2.45 bits per heavy atom. The molecule has 0 aromatic carbocycles. The van der Waals surface area contributed by atoms with E-state index in [1.54, 1.807) is 0 Å². The van der Waals surface area contributed by atoms with Crippen molar-refractivity contribution in [2.24, 2.45) is 0 Å². The third kappa shape index (κ3) is 3.14. The van der Waals surface area contributed by atoms with E-state index in [0.717, 1.165) is 0 Å². The topological polar surface area (TPSA) is 20.9 Å². The minimum atomic E-state index is -0.290. The molecule has 0 N–H and O–H groups in total. The molecule has 0 aliphatic rings. The summed E-state index contributed by atoms with van der Waals surface area (Å²) in [5.74, 6) is 0. The maximum atomic E-state index is 10.4. The number of hydrogen-bond donors (Lipinski definition) is 0. The van der Waals surface area contributed by atoms with Gasteiger partial charge in [0.1, 0.15) is 0 Å². The number of hydrogen-bond acceptors (Lipinski definition) is 1. The molecule has 1 aromatic rings. The fourth-order valence-electron chi connectivity index (χ4n) is 0.800. The van der Waals surface area contributed by atoms with Crippen molar-refractivity contribution >= 4 is 16.8 Å². The number of carbonyl (C=O) groups is 1. The first-order valence-corrected chi connectivity index (χ1v) is 3.79. The van der Waals surface area contributed by atoms with Crippen molar-refractivity contribution in [1.29, 1.82) is 0 Å². The lowest BCUT2D eigenvalue weighted by atomic mass is 10.4. The predicted molar refractivity (Wildman–Crippen MR) is 42.1 cm³/mol. The number of carbonyl (C=O) groups excluding carboxylic acids is 1. The van der Waals surface area contributed by atoms with Crippen LogP contribution < -0.4 is 4.57 Å². The summed E-state index contributed by atoms with van der Waals surface area (Å²) in [5, 5.41) is -0.290. The predicted octanol–water partition coefficient (Wildman–Crippen LogP) is 1.13. The Kier molecular flexibility index (Phi) is 3.05. The number of aryl methyl sites for hydroxylation is 1. The molecular weight excluding hydrogens is 162 g/mol. The van der Waals surface area contributed by atoms with E-state index < -0.39 is 0 Å². The molecule has 1 rings (SSSR count). The Balaban J connectivity index is 2.45. The molecule has 0 aliphatic heterocycles. The monoisotopic (exact) mass is 170 g/mol. The molecule has 0 saturated carbocycles. The second kappa shape index (κ2) is 4.09. The molecule has 2 nitrogen and oxygen atoms in total. The molecule has 0 radical (unpaired) electrons. The zero-order valence-electron chi connectivity index (χ0n) is 6.03. The van der Waals surface area contributed by atoms with E-state index in [1.807, 2.05) is 35.2 Å². The Labute approximate surface area is 70.4 Å². The number of aromatic nitrogens is 1. The second-order valence-electron chi connectivity index (χ2n) is 2.22. The van der Waals surface area contributed by atoms with Crippen LogP contribution in [0.25, 0.3) is 0 Å². The molecule has 1 aromatic heterocycles. The third-order valence-electron chi connectivity index (χ3n) is 1.34. The smallest absolute Gasteiger partial charge is 0.227 e. The van der Waals surface area contributed by atoms with Gasteiger partial charge in [-0.2, -0.15) is 0 Å². The standard InChI is InChI=1S/C8H9ClNO/c9-8(11)4-7-10-5-2-1-3-6-10/h1-3,5-6H,4,7H2/q+1. The Bertz CT molecular complexity index is 235. The molecule has 0 unspecified atom stereocenters. The molecule has 0 atom stereocenters. The molecular formula is C8H9ClNO+. The number of pyridine rings is 1. The largest absolute Gasteiger partial charge is 0.281 e. The summed E-state index contributed by atoms with van der Waals surface area (Å²) < 4.78 is 1.92. The van der Waals surface area contributed by atoms with E-state index in [2.05, 4.69) is 0 Å². The van der Waals surface area contributed by atoms with Crippen LogP contribution in [0.2, 0.25) is 0 Å². The lowest BCUT2D eigenvalue weighted by molar-refractivity contribution is -0.695. The van der Waals surface area contributed by atoms with Gasteiger partial charge in [0.25, 0.3) is 0 Å². The van der Waals surface area contributed by atoms with Gasteiger partial charge in [0.15, 0.2) is 18.9 Å². The van der Waals surface area contributed by atoms with Crippen LogP contribution in [0.15, 0.2) is 30.6 Å². The van der Waals surface area contributed by atoms with Crippen molar-refractivity contribution in [2.75, 3.05) is 0 Å². The number of halogens is 1. The minimum absolute atomic E-state index is 0.290. The van der Waals surface area contributed by atoms with E-state index >= 15 is 0 Å². The fourth-order valence-corrected chi connectivity index (χ4v) is 0.885. The van der Waals surface area contributed by atoms with Gasteiger partial charge in [0, 0.05) is 12.1 Å². The van der Waals surface area contributed by atoms with Crippen molar-refractivity contribution in [2.45, 2.75) is 13.0 Å². The molecule has 58 valence electrons. The van der Waals surface area contributed by atoms with Crippen LogP contribution in [0.4, 0.5) is 0 Å². The second-order valence-corrected chi connectivity index (χ2v) is 2.64. The first kappa shape index (κ1) is 8.21. The van der Waals surface area contributed by atoms with Gasteiger partial charge in [-0.05, 0) is 11.6 Å². The SMILES string of the molecule is O=C(Cl)CC[n+]1ccccc1. The zero-order valence-corrected chi connectivity index (χ0v) is 6.79. The van der Waals surface area contributed by atoms with Gasteiger partial charge in [0.2, 0.25) is 5.24 Å². The molecule has 0 aliphatic carbocycles. The van der Waals surface area contributed by atoms with Crippen molar-refractivity contribution in [3.63, 3.8) is 0 Å². The lowest BCUT2D eigenvalue weighted by Crippen LogP contribution is -2.32. The molecule has 0 amide bonds. The van der Waals surface area contributed by atoms with Crippen molar-refractivity contribution < 1.29 is 9.36 Å². The van der Waals surface area contributed by atoms with Gasteiger partial charge >= 0.3 is 0 Å². The van der Waals surface area contributed by atoms with Gasteiger partial charge in [0.05, 0.1) is 6.42 Å². The maximum absolute atomic E-state index is 10.4. The Morgan fingerprint density at radius 1 is 1.27 bits per heavy atom. The highest BCUT2D eigenvalue weighted by Gasteiger charge is 2.01. The van der Waals surface area contributed by atoms with E-state index in [4.69, 9.17) is 11.6 Å². The summed E-state index contributed by atoms with van der Waals surface area (Å²) in [7, 11) is 0. The summed E-state index contributed by atoms with van der Waals surface area (Å²) in [6.45, 7) is 0.656. The highest BCUT2D eigenvalue weighted by Crippen LogP contribution is 1.87. The van der Waals surface area contributed by atoms with Crippen LogP contribution in [-0.2, 0) is 11.3 Å². The van der Waals surface area contributed by atoms with E-state index in [-0.39, 0.29) is 5.24 Å². The van der Waals surface area contributed by atoms with Gasteiger partial charge < -0.3 is 0 Å². The fraction of sp³-hybridized carbons (Fsp3) is 0.250. The van der Waals surface area contributed by atoms with Crippen LogP contribution >= 0.6 is 11.6 Å². The van der Waals surface area contributed by atoms with Crippen molar-refractivity contribution in [3.05, 3.63) is 30.6 Å². The van der Waals surface area contributed by atoms with E-state index in [1.165, 1.54) is 0 Å². The highest BCUT2D eigenvalue weighted by atomic mass is 35.5. The van der Waals surface area contributed by atoms with Crippen LogP contribution in [-0.4, -0.2) is 5.24 Å². The Morgan fingerprint density at radius 2 is 1.91 bits per heavy atom. The summed E-state index contributed by atoms with van der Waals surface area (Å²) in [5.41, 5.74) is 0. The number of nitrogens with zero attached hydrogens (tertiary/aromatic N) is 1. The van der Waals surface area contributed by atoms with Crippen LogP contribution in [0.3, 0.4) is 0 Å². The first-order chi connectivity index (χ1) is 5.29. The molecule has 1 heterocycles. The van der Waals surface area contributed by atoms with Gasteiger partial charge in [-0.3, -0.25) is 4.79 Å². The lowest BCUT2D eigenvalue weighted by Gasteiger charge is -1.90. The van der Waals surface area contributed by atoms with Crippen LogP contribution in [0, 0.1) is 0 Å². The average molecular weight is 171 g/mol. The zero-order chi connectivity index (χ0) is 8.10. The molecule has 3 heteroatoms. The van der Waals surface area contributed by atoms with Crippen molar-refractivity contribution in [3.8, 4) is 0 Å². The Hall–Kier alpha value is -0.890. The summed E-state index contributed by atoms with van der Waals surface area (Å²) in [6, 6.07) is 5.76.